The smallest absolute Gasteiger partial charge is 0.253 e. The lowest BCUT2D eigenvalue weighted by molar-refractivity contribution is 0.0697. The third-order valence-electron chi connectivity index (χ3n) is 6.91. The summed E-state index contributed by atoms with van der Waals surface area (Å²) in [4.78, 5) is 15.1. The van der Waals surface area contributed by atoms with Crippen LogP contribution in [0.15, 0.2) is 54.6 Å². The molecule has 3 unspecified atom stereocenters. The van der Waals surface area contributed by atoms with Crippen LogP contribution in [-0.2, 0) is 0 Å². The Morgan fingerprint density at radius 2 is 1.86 bits per heavy atom. The van der Waals surface area contributed by atoms with E-state index in [1.54, 1.807) is 0 Å². The van der Waals surface area contributed by atoms with Gasteiger partial charge in [-0.1, -0.05) is 31.2 Å². The van der Waals surface area contributed by atoms with E-state index < -0.39 is 0 Å². The van der Waals surface area contributed by atoms with Crippen LogP contribution in [0.4, 0.5) is 10.1 Å². The number of carbonyl (C=O) groups is 1. The number of fused-ring (bicyclic) bond motifs is 3. The molecule has 2 aromatic carbocycles. The number of hydrogen-bond donors (Lipinski definition) is 1. The molecule has 1 saturated heterocycles. The van der Waals surface area contributed by atoms with Gasteiger partial charge < -0.3 is 10.2 Å². The van der Waals surface area contributed by atoms with Gasteiger partial charge in [0.25, 0.3) is 5.91 Å². The number of anilines is 1. The molecule has 29 heavy (non-hydrogen) atoms. The number of rotatable bonds is 2. The van der Waals surface area contributed by atoms with E-state index in [4.69, 9.17) is 0 Å². The summed E-state index contributed by atoms with van der Waals surface area (Å²) >= 11 is 0. The van der Waals surface area contributed by atoms with E-state index in [1.807, 2.05) is 29.2 Å². The molecule has 4 heteroatoms. The van der Waals surface area contributed by atoms with Gasteiger partial charge >= 0.3 is 0 Å². The maximum absolute atomic E-state index is 13.4. The van der Waals surface area contributed by atoms with Gasteiger partial charge in [0.1, 0.15) is 5.82 Å². The number of likely N-dealkylation sites (tertiary alicyclic amines) is 1. The molecular formula is C25H27FN2O. The maximum Gasteiger partial charge on any atom is 0.253 e. The van der Waals surface area contributed by atoms with Gasteiger partial charge in [0.2, 0.25) is 0 Å². The lowest BCUT2D eigenvalue weighted by Gasteiger charge is -2.38. The molecule has 150 valence electrons. The Bertz CT molecular complexity index is 944. The molecule has 5 rings (SSSR count). The van der Waals surface area contributed by atoms with Crippen LogP contribution < -0.4 is 5.32 Å². The Morgan fingerprint density at radius 3 is 2.62 bits per heavy atom. The lowest BCUT2D eigenvalue weighted by Crippen LogP contribution is -2.38. The number of piperidine rings is 1. The Labute approximate surface area is 171 Å². The van der Waals surface area contributed by atoms with Gasteiger partial charge in [-0.2, -0.15) is 0 Å². The summed E-state index contributed by atoms with van der Waals surface area (Å²) in [7, 11) is 0. The third kappa shape index (κ3) is 3.35. The zero-order valence-electron chi connectivity index (χ0n) is 16.8. The minimum absolute atomic E-state index is 0.147. The summed E-state index contributed by atoms with van der Waals surface area (Å²) in [6.45, 7) is 3.97. The summed E-state index contributed by atoms with van der Waals surface area (Å²) in [5.41, 5.74) is 4.19. The number of hydrogen-bond acceptors (Lipinski definition) is 2. The van der Waals surface area contributed by atoms with Crippen LogP contribution in [0.25, 0.3) is 0 Å². The largest absolute Gasteiger partial charge is 0.378 e. The van der Waals surface area contributed by atoms with Crippen LogP contribution in [-0.4, -0.2) is 23.9 Å². The van der Waals surface area contributed by atoms with Gasteiger partial charge in [-0.05, 0) is 72.6 Å². The van der Waals surface area contributed by atoms with Gasteiger partial charge in [0.05, 0.1) is 6.04 Å². The Morgan fingerprint density at radius 1 is 1.10 bits per heavy atom. The first-order valence-electron chi connectivity index (χ1n) is 10.7. The van der Waals surface area contributed by atoms with Crippen molar-refractivity contribution in [1.29, 1.82) is 0 Å². The van der Waals surface area contributed by atoms with E-state index in [2.05, 4.69) is 30.5 Å². The average Bonchev–Trinajstić information content (AvgIpc) is 3.24. The molecule has 1 amide bonds. The summed E-state index contributed by atoms with van der Waals surface area (Å²) in [5.74, 6) is 1.32. The fourth-order valence-corrected chi connectivity index (χ4v) is 5.12. The van der Waals surface area contributed by atoms with E-state index in [0.717, 1.165) is 49.2 Å². The van der Waals surface area contributed by atoms with E-state index >= 15 is 0 Å². The molecule has 2 aromatic rings. The summed E-state index contributed by atoms with van der Waals surface area (Å²) in [6, 6.07) is 13.1. The first-order chi connectivity index (χ1) is 14.1. The SMILES string of the molecule is CC1CCN(C(=O)c2ccc3c(c2)C2C=CCC2C(c2ccc(F)cc2)N3)CC1. The molecule has 0 spiro atoms. The van der Waals surface area contributed by atoms with Crippen LogP contribution in [0.5, 0.6) is 0 Å². The first kappa shape index (κ1) is 18.4. The predicted octanol–water partition coefficient (Wildman–Crippen LogP) is 5.52. The van der Waals surface area contributed by atoms with E-state index in [-0.39, 0.29) is 23.7 Å². The van der Waals surface area contributed by atoms with Crippen molar-refractivity contribution in [1.82, 2.24) is 4.90 Å². The normalized spacial score (nSPS) is 26.0. The zero-order valence-corrected chi connectivity index (χ0v) is 16.8. The molecule has 3 aliphatic rings. The molecule has 1 aliphatic carbocycles. The van der Waals surface area contributed by atoms with Crippen molar-refractivity contribution in [2.45, 2.75) is 38.1 Å². The van der Waals surface area contributed by atoms with Crippen LogP contribution in [0.1, 0.15) is 59.6 Å². The molecule has 2 aliphatic heterocycles. The third-order valence-corrected chi connectivity index (χ3v) is 6.91. The topological polar surface area (TPSA) is 32.3 Å². The highest BCUT2D eigenvalue weighted by Crippen LogP contribution is 2.50. The van der Waals surface area contributed by atoms with Crippen LogP contribution >= 0.6 is 0 Å². The molecule has 1 N–H and O–H groups in total. The van der Waals surface area contributed by atoms with Crippen molar-refractivity contribution < 1.29 is 9.18 Å². The van der Waals surface area contributed by atoms with Crippen molar-refractivity contribution in [2.75, 3.05) is 18.4 Å². The van der Waals surface area contributed by atoms with E-state index in [1.165, 1.54) is 17.7 Å². The second-order valence-corrected chi connectivity index (χ2v) is 8.80. The van der Waals surface area contributed by atoms with E-state index in [9.17, 15) is 9.18 Å². The summed E-state index contributed by atoms with van der Waals surface area (Å²) < 4.78 is 13.4. The molecule has 0 saturated carbocycles. The zero-order chi connectivity index (χ0) is 20.0. The van der Waals surface area contributed by atoms with Gasteiger partial charge in [-0.25, -0.2) is 4.39 Å². The number of allylic oxidation sites excluding steroid dienone is 2. The summed E-state index contributed by atoms with van der Waals surface area (Å²) in [5, 5.41) is 3.67. The molecular weight excluding hydrogens is 363 g/mol. The van der Waals surface area contributed by atoms with Gasteiger partial charge in [-0.15, -0.1) is 0 Å². The second-order valence-electron chi connectivity index (χ2n) is 8.80. The fraction of sp³-hybridized carbons (Fsp3) is 0.400. The molecule has 0 radical (unpaired) electrons. The van der Waals surface area contributed by atoms with Gasteiger partial charge in [0.15, 0.2) is 0 Å². The number of nitrogens with zero attached hydrogens (tertiary/aromatic N) is 1. The Hall–Kier alpha value is -2.62. The Balaban J connectivity index is 1.44. The van der Waals surface area contributed by atoms with E-state index in [0.29, 0.717) is 11.8 Å². The molecule has 0 aromatic heterocycles. The lowest BCUT2D eigenvalue weighted by atomic mass is 9.76. The number of amides is 1. The first-order valence-corrected chi connectivity index (χ1v) is 10.7. The minimum atomic E-state index is -0.207. The monoisotopic (exact) mass is 390 g/mol. The molecule has 2 heterocycles. The van der Waals surface area contributed by atoms with Gasteiger partial charge in [-0.3, -0.25) is 4.79 Å². The van der Waals surface area contributed by atoms with Crippen molar-refractivity contribution in [2.24, 2.45) is 11.8 Å². The Kier molecular flexibility index (Phi) is 4.65. The number of benzene rings is 2. The van der Waals surface area contributed by atoms with Crippen molar-refractivity contribution in [3.63, 3.8) is 0 Å². The molecule has 1 fully saturated rings. The van der Waals surface area contributed by atoms with Gasteiger partial charge in [0, 0.05) is 30.3 Å². The number of carbonyl (C=O) groups excluding carboxylic acids is 1. The van der Waals surface area contributed by atoms with Crippen LogP contribution in [0, 0.1) is 17.7 Å². The number of halogens is 1. The second kappa shape index (κ2) is 7.33. The van der Waals surface area contributed by atoms with Crippen LogP contribution in [0.2, 0.25) is 0 Å². The molecule has 0 bridgehead atoms. The number of nitrogens with one attached hydrogen (secondary N) is 1. The predicted molar refractivity (Wildman–Crippen MR) is 113 cm³/mol. The molecule has 3 nitrogen and oxygen atoms in total. The molecule has 3 atom stereocenters. The minimum Gasteiger partial charge on any atom is -0.378 e. The highest BCUT2D eigenvalue weighted by molar-refractivity contribution is 5.95. The average molecular weight is 391 g/mol. The summed E-state index contributed by atoms with van der Waals surface area (Å²) in [6.07, 6.45) is 7.68. The highest BCUT2D eigenvalue weighted by atomic mass is 19.1. The maximum atomic E-state index is 13.4. The fourth-order valence-electron chi connectivity index (χ4n) is 5.12. The standard InChI is InChI=1S/C25H27FN2O/c1-16-11-13-28(14-12-16)25(29)18-7-10-23-22(15-18)20-3-2-4-21(20)24(27-23)17-5-8-19(26)9-6-17/h2-3,5-10,15-16,20-21,24,27H,4,11-14H2,1H3. The quantitative estimate of drug-likeness (QED) is 0.685. The van der Waals surface area contributed by atoms with Crippen LogP contribution in [0.3, 0.4) is 0 Å². The van der Waals surface area contributed by atoms with Crippen molar-refractivity contribution in [3.05, 3.63) is 77.1 Å². The van der Waals surface area contributed by atoms with Crippen molar-refractivity contribution in [3.8, 4) is 0 Å². The highest BCUT2D eigenvalue weighted by Gasteiger charge is 2.38. The van der Waals surface area contributed by atoms with Crippen molar-refractivity contribution >= 4 is 11.6 Å².